The van der Waals surface area contributed by atoms with Crippen LogP contribution in [0.1, 0.15) is 30.6 Å². The summed E-state index contributed by atoms with van der Waals surface area (Å²) in [7, 11) is 1.41. The fourth-order valence-corrected chi connectivity index (χ4v) is 2.76. The molecule has 1 aliphatic heterocycles. The highest BCUT2D eigenvalue weighted by Gasteiger charge is 2.23. The molecule has 1 aromatic carbocycles. The zero-order valence-corrected chi connectivity index (χ0v) is 12.6. The first-order chi connectivity index (χ1) is 9.61. The Kier molecular flexibility index (Phi) is 5.01. The Hall–Kier alpha value is -1.55. The van der Waals surface area contributed by atoms with Crippen molar-refractivity contribution in [1.82, 2.24) is 5.32 Å². The maximum absolute atomic E-state index is 11.5. The predicted octanol–water partition coefficient (Wildman–Crippen LogP) is 2.30. The lowest BCUT2D eigenvalue weighted by atomic mass is 10.00. The Balaban J connectivity index is 2.13. The van der Waals surface area contributed by atoms with Gasteiger partial charge >= 0.3 is 5.97 Å². The van der Waals surface area contributed by atoms with Crippen LogP contribution in [0.3, 0.4) is 0 Å². The van der Waals surface area contributed by atoms with Crippen LogP contribution in [0.4, 0.5) is 5.69 Å². The highest BCUT2D eigenvalue weighted by atomic mass is 16.5. The average Bonchev–Trinajstić information content (AvgIpc) is 2.46. The molecule has 1 atom stereocenters. The molecule has 1 saturated heterocycles. The van der Waals surface area contributed by atoms with Crippen LogP contribution in [-0.4, -0.2) is 38.8 Å². The third-order valence-corrected chi connectivity index (χ3v) is 3.71. The van der Waals surface area contributed by atoms with Gasteiger partial charge in [0.05, 0.1) is 12.7 Å². The van der Waals surface area contributed by atoms with Gasteiger partial charge in [-0.3, -0.25) is 0 Å². The lowest BCUT2D eigenvalue weighted by Crippen LogP contribution is -2.51. The minimum atomic E-state index is -0.282. The molecule has 110 valence electrons. The zero-order valence-electron chi connectivity index (χ0n) is 12.6. The van der Waals surface area contributed by atoms with E-state index in [4.69, 9.17) is 4.74 Å². The lowest BCUT2D eigenvalue weighted by Gasteiger charge is -2.39. The number of benzene rings is 1. The van der Waals surface area contributed by atoms with E-state index in [2.05, 4.69) is 24.1 Å². The number of carbonyl (C=O) groups excluding carboxylic acids is 1. The molecule has 1 aliphatic rings. The summed E-state index contributed by atoms with van der Waals surface area (Å²) < 4.78 is 4.73. The van der Waals surface area contributed by atoms with Gasteiger partial charge in [0.1, 0.15) is 0 Å². The number of methoxy groups -OCH3 is 1. The predicted molar refractivity (Wildman–Crippen MR) is 81.2 cm³/mol. The SMILES string of the molecule is COC(=O)c1ccc(N2CCNC[C@H]2CC(C)C)cc1. The van der Waals surface area contributed by atoms with E-state index in [-0.39, 0.29) is 5.97 Å². The molecule has 1 heterocycles. The van der Waals surface area contributed by atoms with Crippen molar-refractivity contribution in [2.75, 3.05) is 31.6 Å². The van der Waals surface area contributed by atoms with Gasteiger partial charge in [-0.1, -0.05) is 13.8 Å². The van der Waals surface area contributed by atoms with Crippen LogP contribution in [0.25, 0.3) is 0 Å². The molecule has 0 radical (unpaired) electrons. The van der Waals surface area contributed by atoms with Gasteiger partial charge in [0, 0.05) is 31.4 Å². The third kappa shape index (κ3) is 3.51. The smallest absolute Gasteiger partial charge is 0.337 e. The molecule has 1 aromatic rings. The number of carbonyl (C=O) groups is 1. The molecule has 4 nitrogen and oxygen atoms in total. The molecule has 0 bridgehead atoms. The Bertz CT molecular complexity index is 442. The molecule has 0 aromatic heterocycles. The molecule has 0 amide bonds. The van der Waals surface area contributed by atoms with E-state index < -0.39 is 0 Å². The number of esters is 1. The van der Waals surface area contributed by atoms with Crippen LogP contribution >= 0.6 is 0 Å². The number of hydrogen-bond donors (Lipinski definition) is 1. The highest BCUT2D eigenvalue weighted by molar-refractivity contribution is 5.89. The topological polar surface area (TPSA) is 41.6 Å². The number of nitrogens with zero attached hydrogens (tertiary/aromatic N) is 1. The number of hydrogen-bond acceptors (Lipinski definition) is 4. The summed E-state index contributed by atoms with van der Waals surface area (Å²) in [6.45, 7) is 7.56. The van der Waals surface area contributed by atoms with Crippen molar-refractivity contribution in [2.45, 2.75) is 26.3 Å². The summed E-state index contributed by atoms with van der Waals surface area (Å²) in [4.78, 5) is 13.9. The van der Waals surface area contributed by atoms with Crippen molar-refractivity contribution < 1.29 is 9.53 Å². The van der Waals surface area contributed by atoms with Crippen LogP contribution in [-0.2, 0) is 4.74 Å². The Morgan fingerprint density at radius 1 is 1.40 bits per heavy atom. The Labute approximate surface area is 121 Å². The molecule has 0 saturated carbocycles. The summed E-state index contributed by atoms with van der Waals surface area (Å²) >= 11 is 0. The normalized spacial score (nSPS) is 19.2. The van der Waals surface area contributed by atoms with Crippen LogP contribution in [0.2, 0.25) is 0 Å². The molecule has 20 heavy (non-hydrogen) atoms. The largest absolute Gasteiger partial charge is 0.465 e. The molecule has 1 N–H and O–H groups in total. The average molecular weight is 276 g/mol. The van der Waals surface area contributed by atoms with Crippen molar-refractivity contribution >= 4 is 11.7 Å². The monoisotopic (exact) mass is 276 g/mol. The maximum Gasteiger partial charge on any atom is 0.337 e. The molecule has 0 unspecified atom stereocenters. The molecular formula is C16H24N2O2. The lowest BCUT2D eigenvalue weighted by molar-refractivity contribution is 0.0601. The molecule has 1 fully saturated rings. The number of anilines is 1. The first-order valence-electron chi connectivity index (χ1n) is 7.27. The van der Waals surface area contributed by atoms with Gasteiger partial charge in [0.25, 0.3) is 0 Å². The summed E-state index contributed by atoms with van der Waals surface area (Å²) in [5.74, 6) is 0.396. The number of rotatable bonds is 4. The van der Waals surface area contributed by atoms with Crippen molar-refractivity contribution in [3.8, 4) is 0 Å². The molecular weight excluding hydrogens is 252 g/mol. The van der Waals surface area contributed by atoms with Crippen LogP contribution < -0.4 is 10.2 Å². The van der Waals surface area contributed by atoms with Gasteiger partial charge in [0.15, 0.2) is 0 Å². The van der Waals surface area contributed by atoms with E-state index in [0.29, 0.717) is 17.5 Å². The van der Waals surface area contributed by atoms with E-state index in [1.54, 1.807) is 0 Å². The van der Waals surface area contributed by atoms with Gasteiger partial charge in [-0.25, -0.2) is 4.79 Å². The van der Waals surface area contributed by atoms with E-state index in [1.165, 1.54) is 19.2 Å². The Morgan fingerprint density at radius 2 is 2.10 bits per heavy atom. The maximum atomic E-state index is 11.5. The van der Waals surface area contributed by atoms with Gasteiger partial charge < -0.3 is 15.0 Å². The highest BCUT2D eigenvalue weighted by Crippen LogP contribution is 2.22. The fourth-order valence-electron chi connectivity index (χ4n) is 2.76. The van der Waals surface area contributed by atoms with Crippen LogP contribution in [0.5, 0.6) is 0 Å². The van der Waals surface area contributed by atoms with Gasteiger partial charge in [0.2, 0.25) is 0 Å². The first kappa shape index (κ1) is 14.9. The summed E-state index contributed by atoms with van der Waals surface area (Å²) in [5, 5.41) is 3.46. The number of ether oxygens (including phenoxy) is 1. The molecule has 4 heteroatoms. The van der Waals surface area contributed by atoms with Crippen molar-refractivity contribution in [3.05, 3.63) is 29.8 Å². The first-order valence-corrected chi connectivity index (χ1v) is 7.27. The second-order valence-electron chi connectivity index (χ2n) is 5.72. The summed E-state index contributed by atoms with van der Waals surface area (Å²) in [6, 6.07) is 8.24. The standard InChI is InChI=1S/C16H24N2O2/c1-12(2)10-15-11-17-8-9-18(15)14-6-4-13(5-7-14)16(19)20-3/h4-7,12,15,17H,8-11H2,1-3H3/t15-/m1/s1. The summed E-state index contributed by atoms with van der Waals surface area (Å²) in [6.07, 6.45) is 1.17. The summed E-state index contributed by atoms with van der Waals surface area (Å²) in [5.41, 5.74) is 1.79. The quantitative estimate of drug-likeness (QED) is 0.857. The van der Waals surface area contributed by atoms with Gasteiger partial charge in [-0.2, -0.15) is 0 Å². The third-order valence-electron chi connectivity index (χ3n) is 3.71. The fraction of sp³-hybridized carbons (Fsp3) is 0.562. The van der Waals surface area contributed by atoms with Crippen molar-refractivity contribution in [3.63, 3.8) is 0 Å². The van der Waals surface area contributed by atoms with E-state index in [0.717, 1.165) is 19.6 Å². The van der Waals surface area contributed by atoms with Crippen LogP contribution in [0.15, 0.2) is 24.3 Å². The number of piperazine rings is 1. The van der Waals surface area contributed by atoms with E-state index >= 15 is 0 Å². The minimum Gasteiger partial charge on any atom is -0.465 e. The number of nitrogens with one attached hydrogen (secondary N) is 1. The Morgan fingerprint density at radius 3 is 2.70 bits per heavy atom. The minimum absolute atomic E-state index is 0.282. The van der Waals surface area contributed by atoms with Crippen molar-refractivity contribution in [1.29, 1.82) is 0 Å². The second-order valence-corrected chi connectivity index (χ2v) is 5.72. The molecule has 0 spiro atoms. The molecule has 0 aliphatic carbocycles. The second kappa shape index (κ2) is 6.75. The molecule has 2 rings (SSSR count). The van der Waals surface area contributed by atoms with Gasteiger partial charge in [-0.05, 0) is 36.6 Å². The zero-order chi connectivity index (χ0) is 14.5. The van der Waals surface area contributed by atoms with Crippen molar-refractivity contribution in [2.24, 2.45) is 5.92 Å². The van der Waals surface area contributed by atoms with E-state index in [9.17, 15) is 4.79 Å². The van der Waals surface area contributed by atoms with Crippen LogP contribution in [0, 0.1) is 5.92 Å². The van der Waals surface area contributed by atoms with E-state index in [1.807, 2.05) is 24.3 Å². The van der Waals surface area contributed by atoms with Gasteiger partial charge in [-0.15, -0.1) is 0 Å².